The van der Waals surface area contributed by atoms with Crippen molar-refractivity contribution in [2.75, 3.05) is 20.3 Å². The van der Waals surface area contributed by atoms with Gasteiger partial charge in [-0.3, -0.25) is 4.79 Å². The molecule has 2 aromatic rings. The molecule has 0 radical (unpaired) electrons. The monoisotopic (exact) mass is 340 g/mol. The molecule has 1 aliphatic heterocycles. The lowest BCUT2D eigenvalue weighted by Gasteiger charge is -2.21. The van der Waals surface area contributed by atoms with Gasteiger partial charge in [-0.15, -0.1) is 0 Å². The van der Waals surface area contributed by atoms with Crippen molar-refractivity contribution in [2.45, 2.75) is 6.54 Å². The molecule has 0 saturated heterocycles. The van der Waals surface area contributed by atoms with Crippen LogP contribution in [0, 0.1) is 11.3 Å². The molecule has 1 aliphatic rings. The number of hydrogen-bond donors (Lipinski definition) is 1. The minimum absolute atomic E-state index is 0.0368. The van der Waals surface area contributed by atoms with E-state index in [-0.39, 0.29) is 12.1 Å². The van der Waals surface area contributed by atoms with Gasteiger partial charge in [0.2, 0.25) is 5.75 Å². The minimum atomic E-state index is -0.493. The van der Waals surface area contributed by atoms with Crippen molar-refractivity contribution >= 4 is 12.0 Å². The predicted octanol–water partition coefficient (Wildman–Crippen LogP) is 2.28. The zero-order valence-electron chi connectivity index (χ0n) is 13.6. The second-order valence-corrected chi connectivity index (χ2v) is 5.18. The summed E-state index contributed by atoms with van der Waals surface area (Å²) < 4.78 is 21.5. The standard InChI is InChI=1S/C18H16N2O5/c1-22-15-8-12(9-16-17(15)25-6-5-24-16)7-13(10-19)18(21)20-11-14-3-2-4-23-14/h2-4,7-9H,5-6,11H2,1H3,(H,20,21)/b13-7+. The average Bonchev–Trinajstić information content (AvgIpc) is 3.17. The first kappa shape index (κ1) is 16.5. The first-order valence-electron chi connectivity index (χ1n) is 7.61. The van der Waals surface area contributed by atoms with E-state index in [4.69, 9.17) is 18.6 Å². The summed E-state index contributed by atoms with van der Waals surface area (Å²) in [5.41, 5.74) is 0.566. The van der Waals surface area contributed by atoms with Crippen LogP contribution in [0.2, 0.25) is 0 Å². The topological polar surface area (TPSA) is 93.7 Å². The van der Waals surface area contributed by atoms with Gasteiger partial charge in [0.15, 0.2) is 11.5 Å². The Morgan fingerprint density at radius 3 is 2.96 bits per heavy atom. The fourth-order valence-electron chi connectivity index (χ4n) is 2.37. The highest BCUT2D eigenvalue weighted by molar-refractivity contribution is 6.01. The highest BCUT2D eigenvalue weighted by Gasteiger charge is 2.19. The highest BCUT2D eigenvalue weighted by atomic mass is 16.6. The van der Waals surface area contributed by atoms with Crippen molar-refractivity contribution in [1.29, 1.82) is 5.26 Å². The van der Waals surface area contributed by atoms with Crippen LogP contribution in [0.15, 0.2) is 40.5 Å². The lowest BCUT2D eigenvalue weighted by atomic mass is 10.1. The molecule has 0 aliphatic carbocycles. The Morgan fingerprint density at radius 1 is 1.40 bits per heavy atom. The van der Waals surface area contributed by atoms with Crippen LogP contribution in [0.5, 0.6) is 17.2 Å². The Kier molecular flexibility index (Phi) is 4.90. The first-order valence-corrected chi connectivity index (χ1v) is 7.61. The summed E-state index contributed by atoms with van der Waals surface area (Å²) in [6.45, 7) is 1.07. The Hall–Kier alpha value is -3.40. The molecule has 0 bridgehead atoms. The number of nitrogens with one attached hydrogen (secondary N) is 1. The van der Waals surface area contributed by atoms with Crippen LogP contribution >= 0.6 is 0 Å². The Balaban J connectivity index is 1.81. The number of nitriles is 1. The third-order valence-electron chi connectivity index (χ3n) is 3.53. The molecular formula is C18H16N2O5. The number of amides is 1. The van der Waals surface area contributed by atoms with Gasteiger partial charge in [-0.25, -0.2) is 0 Å². The van der Waals surface area contributed by atoms with Gasteiger partial charge in [-0.05, 0) is 35.9 Å². The second kappa shape index (κ2) is 7.45. The summed E-state index contributed by atoms with van der Waals surface area (Å²) in [5, 5.41) is 11.9. The lowest BCUT2D eigenvalue weighted by molar-refractivity contribution is -0.117. The van der Waals surface area contributed by atoms with Gasteiger partial charge in [-0.2, -0.15) is 5.26 Å². The fourth-order valence-corrected chi connectivity index (χ4v) is 2.37. The first-order chi connectivity index (χ1) is 12.2. The van der Waals surface area contributed by atoms with Crippen molar-refractivity contribution in [3.05, 3.63) is 47.4 Å². The molecule has 1 N–H and O–H groups in total. The normalized spacial score (nSPS) is 13.0. The zero-order valence-corrected chi connectivity index (χ0v) is 13.6. The second-order valence-electron chi connectivity index (χ2n) is 5.18. The van der Waals surface area contributed by atoms with Crippen LogP contribution in [0.3, 0.4) is 0 Å². The number of hydrogen-bond acceptors (Lipinski definition) is 6. The molecule has 7 nitrogen and oxygen atoms in total. The Morgan fingerprint density at radius 2 is 2.24 bits per heavy atom. The van der Waals surface area contributed by atoms with Crippen LogP contribution in [-0.2, 0) is 11.3 Å². The molecule has 128 valence electrons. The third kappa shape index (κ3) is 3.75. The molecule has 2 heterocycles. The van der Waals surface area contributed by atoms with E-state index < -0.39 is 5.91 Å². The largest absolute Gasteiger partial charge is 0.493 e. The van der Waals surface area contributed by atoms with Gasteiger partial charge in [0.05, 0.1) is 19.9 Å². The molecule has 7 heteroatoms. The molecular weight excluding hydrogens is 324 g/mol. The van der Waals surface area contributed by atoms with Crippen LogP contribution in [0.4, 0.5) is 0 Å². The van der Waals surface area contributed by atoms with Gasteiger partial charge in [0.1, 0.15) is 30.6 Å². The molecule has 0 unspecified atom stereocenters. The van der Waals surface area contributed by atoms with Crippen molar-refractivity contribution in [2.24, 2.45) is 0 Å². The summed E-state index contributed by atoms with van der Waals surface area (Å²) in [5.74, 6) is 1.63. The number of carbonyl (C=O) groups is 1. The SMILES string of the molecule is COc1cc(/C=C(\C#N)C(=O)NCc2ccco2)cc2c1OCCO2. The molecule has 1 amide bonds. The number of furan rings is 1. The molecule has 1 aromatic heterocycles. The maximum absolute atomic E-state index is 12.2. The lowest BCUT2D eigenvalue weighted by Crippen LogP contribution is -2.23. The molecule has 0 saturated carbocycles. The van der Waals surface area contributed by atoms with E-state index in [0.717, 1.165) is 0 Å². The van der Waals surface area contributed by atoms with E-state index in [1.165, 1.54) is 19.4 Å². The van der Waals surface area contributed by atoms with Gasteiger partial charge < -0.3 is 23.9 Å². The van der Waals surface area contributed by atoms with E-state index in [9.17, 15) is 10.1 Å². The number of methoxy groups -OCH3 is 1. The molecule has 0 spiro atoms. The molecule has 25 heavy (non-hydrogen) atoms. The van der Waals surface area contributed by atoms with Gasteiger partial charge in [0, 0.05) is 0 Å². The van der Waals surface area contributed by atoms with E-state index in [1.54, 1.807) is 24.3 Å². The van der Waals surface area contributed by atoms with E-state index in [2.05, 4.69) is 5.32 Å². The minimum Gasteiger partial charge on any atom is -0.493 e. The number of rotatable bonds is 5. The quantitative estimate of drug-likeness (QED) is 0.663. The fraction of sp³-hybridized carbons (Fsp3) is 0.222. The van der Waals surface area contributed by atoms with E-state index in [0.29, 0.717) is 41.8 Å². The summed E-state index contributed by atoms with van der Waals surface area (Å²) in [7, 11) is 1.52. The number of ether oxygens (including phenoxy) is 3. The Bertz CT molecular complexity index is 817. The maximum Gasteiger partial charge on any atom is 0.262 e. The van der Waals surface area contributed by atoms with Crippen molar-refractivity contribution in [3.8, 4) is 23.3 Å². The number of benzene rings is 1. The smallest absolute Gasteiger partial charge is 0.262 e. The van der Waals surface area contributed by atoms with Crippen LogP contribution in [0.25, 0.3) is 6.08 Å². The number of carbonyl (C=O) groups excluding carboxylic acids is 1. The van der Waals surface area contributed by atoms with Crippen molar-refractivity contribution in [3.63, 3.8) is 0 Å². The molecule has 0 fully saturated rings. The third-order valence-corrected chi connectivity index (χ3v) is 3.53. The van der Waals surface area contributed by atoms with Crippen LogP contribution in [-0.4, -0.2) is 26.2 Å². The summed E-state index contributed by atoms with van der Waals surface area (Å²) >= 11 is 0. The number of fused-ring (bicyclic) bond motifs is 1. The molecule has 1 aromatic carbocycles. The Labute approximate surface area is 144 Å². The van der Waals surface area contributed by atoms with Crippen molar-refractivity contribution in [1.82, 2.24) is 5.32 Å². The average molecular weight is 340 g/mol. The molecule has 3 rings (SSSR count). The van der Waals surface area contributed by atoms with Crippen LogP contribution in [0.1, 0.15) is 11.3 Å². The van der Waals surface area contributed by atoms with Gasteiger partial charge in [0.25, 0.3) is 5.91 Å². The zero-order chi connectivity index (χ0) is 17.6. The van der Waals surface area contributed by atoms with E-state index >= 15 is 0 Å². The van der Waals surface area contributed by atoms with Crippen molar-refractivity contribution < 1.29 is 23.4 Å². The highest BCUT2D eigenvalue weighted by Crippen LogP contribution is 2.40. The summed E-state index contributed by atoms with van der Waals surface area (Å²) in [4.78, 5) is 12.2. The summed E-state index contributed by atoms with van der Waals surface area (Å²) in [6.07, 6.45) is 2.99. The van der Waals surface area contributed by atoms with Gasteiger partial charge >= 0.3 is 0 Å². The molecule has 0 atom stereocenters. The van der Waals surface area contributed by atoms with Crippen LogP contribution < -0.4 is 19.5 Å². The van der Waals surface area contributed by atoms with Gasteiger partial charge in [-0.1, -0.05) is 0 Å². The number of nitrogens with zero attached hydrogens (tertiary/aromatic N) is 1. The predicted molar refractivity (Wildman–Crippen MR) is 88.1 cm³/mol. The maximum atomic E-state index is 12.2. The van der Waals surface area contributed by atoms with E-state index in [1.807, 2.05) is 6.07 Å². The summed E-state index contributed by atoms with van der Waals surface area (Å²) in [6, 6.07) is 8.76.